The summed E-state index contributed by atoms with van der Waals surface area (Å²) in [6.45, 7) is 18.4. The van der Waals surface area contributed by atoms with Gasteiger partial charge >= 0.3 is 0 Å². The molecule has 1 fully saturated rings. The number of likely N-dealkylation sites (tertiary alicyclic amines) is 1. The highest BCUT2D eigenvalue weighted by atomic mass is 19.1. The summed E-state index contributed by atoms with van der Waals surface area (Å²) < 4.78 is 14.0. The SMILES string of the molecule is C=C/C=C(\C=C)CN1C(C)CC(C)C(F)C1C.CC. The summed E-state index contributed by atoms with van der Waals surface area (Å²) in [6, 6.07) is 0.391. The van der Waals surface area contributed by atoms with Crippen molar-refractivity contribution in [2.45, 2.75) is 59.3 Å². The first-order valence-electron chi connectivity index (χ1n) is 7.35. The van der Waals surface area contributed by atoms with E-state index in [0.717, 1.165) is 18.5 Å². The molecular formula is C17H30FN. The standard InChI is InChI=1S/C15H24FN.C2H6/c1-6-8-14(7-2)10-17-12(4)9-11(3)15(16)13(17)5;1-2/h6-8,11-13,15H,1-2,9-10H2,3-5H3;1-2H3/b14-8+;. The van der Waals surface area contributed by atoms with Gasteiger partial charge in [-0.2, -0.15) is 0 Å². The summed E-state index contributed by atoms with van der Waals surface area (Å²) in [6.07, 6.45) is 5.71. The zero-order chi connectivity index (χ0) is 15.0. The highest BCUT2D eigenvalue weighted by molar-refractivity contribution is 5.23. The highest BCUT2D eigenvalue weighted by Crippen LogP contribution is 2.30. The van der Waals surface area contributed by atoms with E-state index >= 15 is 0 Å². The van der Waals surface area contributed by atoms with Gasteiger partial charge in [-0.15, -0.1) is 0 Å². The number of rotatable bonds is 4. The molecule has 1 nitrogen and oxygen atoms in total. The van der Waals surface area contributed by atoms with E-state index in [1.54, 1.807) is 6.08 Å². The Morgan fingerprint density at radius 2 is 1.84 bits per heavy atom. The lowest BCUT2D eigenvalue weighted by molar-refractivity contribution is 0.00957. The van der Waals surface area contributed by atoms with Crippen LogP contribution >= 0.6 is 0 Å². The molecule has 2 heteroatoms. The molecule has 1 rings (SSSR count). The summed E-state index contributed by atoms with van der Waals surface area (Å²) in [4.78, 5) is 2.22. The zero-order valence-electron chi connectivity index (χ0n) is 13.2. The van der Waals surface area contributed by atoms with Gasteiger partial charge in [0.1, 0.15) is 6.17 Å². The second kappa shape index (κ2) is 9.08. The number of halogens is 1. The highest BCUT2D eigenvalue weighted by Gasteiger charge is 2.36. The van der Waals surface area contributed by atoms with E-state index in [1.807, 2.05) is 39.8 Å². The third-order valence-electron chi connectivity index (χ3n) is 3.77. The number of hydrogen-bond donors (Lipinski definition) is 0. The largest absolute Gasteiger partial charge is 0.291 e. The van der Waals surface area contributed by atoms with E-state index in [-0.39, 0.29) is 12.0 Å². The summed E-state index contributed by atoms with van der Waals surface area (Å²) in [7, 11) is 0. The molecule has 0 bridgehead atoms. The fraction of sp³-hybridized carbons (Fsp3) is 0.647. The number of nitrogens with zero attached hydrogens (tertiary/aromatic N) is 1. The molecule has 0 saturated carbocycles. The van der Waals surface area contributed by atoms with Gasteiger partial charge in [0.05, 0.1) is 0 Å². The normalized spacial score (nSPS) is 32.2. The Morgan fingerprint density at radius 1 is 1.26 bits per heavy atom. The van der Waals surface area contributed by atoms with Crippen LogP contribution in [-0.4, -0.2) is 29.7 Å². The molecular weight excluding hydrogens is 237 g/mol. The van der Waals surface area contributed by atoms with Crippen LogP contribution < -0.4 is 0 Å². The molecule has 19 heavy (non-hydrogen) atoms. The van der Waals surface area contributed by atoms with Crippen LogP contribution in [0.2, 0.25) is 0 Å². The van der Waals surface area contributed by atoms with Crippen molar-refractivity contribution in [2.24, 2.45) is 5.92 Å². The van der Waals surface area contributed by atoms with Crippen molar-refractivity contribution in [1.82, 2.24) is 4.90 Å². The fourth-order valence-electron chi connectivity index (χ4n) is 2.71. The Morgan fingerprint density at radius 3 is 2.32 bits per heavy atom. The second-order valence-corrected chi connectivity index (χ2v) is 5.10. The second-order valence-electron chi connectivity index (χ2n) is 5.10. The third kappa shape index (κ3) is 4.94. The molecule has 4 unspecified atom stereocenters. The molecule has 1 heterocycles. The topological polar surface area (TPSA) is 3.24 Å². The summed E-state index contributed by atoms with van der Waals surface area (Å²) in [5.41, 5.74) is 1.10. The Bertz CT molecular complexity index is 308. The van der Waals surface area contributed by atoms with Gasteiger partial charge in [0, 0.05) is 18.6 Å². The molecule has 0 aromatic heterocycles. The van der Waals surface area contributed by atoms with Gasteiger partial charge in [-0.25, -0.2) is 4.39 Å². The van der Waals surface area contributed by atoms with Crippen molar-refractivity contribution in [3.63, 3.8) is 0 Å². The minimum atomic E-state index is -0.735. The van der Waals surface area contributed by atoms with E-state index in [9.17, 15) is 4.39 Å². The number of hydrogen-bond acceptors (Lipinski definition) is 1. The maximum absolute atomic E-state index is 14.0. The lowest BCUT2D eigenvalue weighted by Gasteiger charge is -2.44. The molecule has 0 radical (unpaired) electrons. The minimum absolute atomic E-state index is 0.0260. The summed E-state index contributed by atoms with van der Waals surface area (Å²) in [5.74, 6) is 0.159. The first-order chi connectivity index (χ1) is 9.01. The van der Waals surface area contributed by atoms with Gasteiger partial charge in [-0.1, -0.05) is 52.2 Å². The lowest BCUT2D eigenvalue weighted by atomic mass is 9.86. The molecule has 1 aliphatic rings. The predicted octanol–water partition coefficient (Wildman–Crippen LogP) is 4.77. The molecule has 0 N–H and O–H groups in total. The average molecular weight is 267 g/mol. The molecule has 1 saturated heterocycles. The van der Waals surface area contributed by atoms with Crippen LogP contribution in [0.4, 0.5) is 4.39 Å². The lowest BCUT2D eigenvalue weighted by Crippen LogP contribution is -2.53. The van der Waals surface area contributed by atoms with Gasteiger partial charge in [0.15, 0.2) is 0 Å². The Balaban J connectivity index is 0.00000154. The fourth-order valence-corrected chi connectivity index (χ4v) is 2.71. The van der Waals surface area contributed by atoms with Crippen molar-refractivity contribution in [3.8, 4) is 0 Å². The minimum Gasteiger partial charge on any atom is -0.291 e. The molecule has 0 amide bonds. The van der Waals surface area contributed by atoms with Crippen molar-refractivity contribution in [1.29, 1.82) is 0 Å². The number of alkyl halides is 1. The molecule has 0 aromatic carbocycles. The van der Waals surface area contributed by atoms with Crippen LogP contribution in [0.3, 0.4) is 0 Å². The first kappa shape index (κ1) is 18.1. The number of allylic oxidation sites excluding steroid dienone is 2. The quantitative estimate of drug-likeness (QED) is 0.663. The molecule has 4 atom stereocenters. The van der Waals surface area contributed by atoms with E-state index < -0.39 is 6.17 Å². The molecule has 110 valence electrons. The van der Waals surface area contributed by atoms with Gasteiger partial charge in [0.2, 0.25) is 0 Å². The predicted molar refractivity (Wildman–Crippen MR) is 84.1 cm³/mol. The Labute approximate surface area is 118 Å². The Kier molecular flexibility index (Phi) is 8.66. The van der Waals surface area contributed by atoms with Crippen LogP contribution in [0.25, 0.3) is 0 Å². The van der Waals surface area contributed by atoms with E-state index in [0.29, 0.717) is 6.04 Å². The van der Waals surface area contributed by atoms with Crippen LogP contribution in [0.1, 0.15) is 41.0 Å². The average Bonchev–Trinajstić information content (AvgIpc) is 2.42. The van der Waals surface area contributed by atoms with Crippen molar-refractivity contribution < 1.29 is 4.39 Å². The first-order valence-corrected chi connectivity index (χ1v) is 7.35. The summed E-state index contributed by atoms with van der Waals surface area (Å²) >= 11 is 0. The van der Waals surface area contributed by atoms with Gasteiger partial charge in [-0.3, -0.25) is 4.90 Å². The van der Waals surface area contributed by atoms with E-state index in [4.69, 9.17) is 0 Å². The van der Waals surface area contributed by atoms with Crippen LogP contribution in [0, 0.1) is 5.92 Å². The van der Waals surface area contributed by atoms with Crippen LogP contribution in [0.15, 0.2) is 37.0 Å². The molecule has 0 aliphatic carbocycles. The molecule has 0 aromatic rings. The van der Waals surface area contributed by atoms with Crippen molar-refractivity contribution in [2.75, 3.05) is 6.54 Å². The number of piperidine rings is 1. The van der Waals surface area contributed by atoms with Crippen molar-refractivity contribution in [3.05, 3.63) is 37.0 Å². The van der Waals surface area contributed by atoms with Crippen LogP contribution in [0.5, 0.6) is 0 Å². The summed E-state index contributed by atoms with van der Waals surface area (Å²) in [5, 5.41) is 0. The van der Waals surface area contributed by atoms with Crippen molar-refractivity contribution >= 4 is 0 Å². The maximum atomic E-state index is 14.0. The molecule has 0 spiro atoms. The van der Waals surface area contributed by atoms with Gasteiger partial charge in [-0.05, 0) is 31.8 Å². The third-order valence-corrected chi connectivity index (χ3v) is 3.77. The van der Waals surface area contributed by atoms with E-state index in [1.165, 1.54) is 0 Å². The smallest absolute Gasteiger partial charge is 0.118 e. The van der Waals surface area contributed by atoms with Crippen LogP contribution in [-0.2, 0) is 0 Å². The maximum Gasteiger partial charge on any atom is 0.118 e. The van der Waals surface area contributed by atoms with Gasteiger partial charge in [0.25, 0.3) is 0 Å². The van der Waals surface area contributed by atoms with Gasteiger partial charge < -0.3 is 0 Å². The Hall–Kier alpha value is -0.890. The zero-order valence-corrected chi connectivity index (χ0v) is 13.2. The molecule has 1 aliphatic heterocycles. The monoisotopic (exact) mass is 267 g/mol. The van der Waals surface area contributed by atoms with E-state index in [2.05, 4.69) is 25.0 Å².